The lowest BCUT2D eigenvalue weighted by Gasteiger charge is -2.29. The van der Waals surface area contributed by atoms with Crippen LogP contribution in [0.25, 0.3) is 49.4 Å². The van der Waals surface area contributed by atoms with Gasteiger partial charge in [-0.3, -0.25) is 0 Å². The van der Waals surface area contributed by atoms with Crippen molar-refractivity contribution in [2.24, 2.45) is 0 Å². The zero-order chi connectivity index (χ0) is 40.2. The molecule has 0 N–H and O–H groups in total. The molecule has 0 saturated carbocycles. The van der Waals surface area contributed by atoms with Crippen LogP contribution >= 0.6 is 22.6 Å². The van der Waals surface area contributed by atoms with Gasteiger partial charge in [0.1, 0.15) is 0 Å². The Morgan fingerprint density at radius 1 is 0.559 bits per heavy atom. The summed E-state index contributed by atoms with van der Waals surface area (Å²) in [6.45, 7) is 11.9. The summed E-state index contributed by atoms with van der Waals surface area (Å²) in [6, 6.07) is 59.3. The van der Waals surface area contributed by atoms with Crippen molar-refractivity contribution >= 4 is 66.8 Å². The minimum atomic E-state index is -0.116. The van der Waals surface area contributed by atoms with E-state index in [0.717, 1.165) is 17.8 Å². The van der Waals surface area contributed by atoms with Crippen molar-refractivity contribution in [2.45, 2.75) is 57.8 Å². The molecule has 1 nitrogen and oxygen atoms in total. The highest BCUT2D eigenvalue weighted by molar-refractivity contribution is 14.1. The first kappa shape index (κ1) is 36.4. The van der Waals surface area contributed by atoms with Crippen molar-refractivity contribution in [1.82, 2.24) is 0 Å². The summed E-state index contributed by atoms with van der Waals surface area (Å²) in [5.74, 6) is 0.465. The van der Waals surface area contributed by atoms with Gasteiger partial charge in [-0.15, -0.1) is 0 Å². The van der Waals surface area contributed by atoms with E-state index in [2.05, 4.69) is 232 Å². The lowest BCUT2D eigenvalue weighted by Crippen LogP contribution is -2.17. The van der Waals surface area contributed by atoms with Crippen LogP contribution < -0.4 is 4.90 Å². The number of allylic oxidation sites excluding steroid dienone is 4. The largest absolute Gasteiger partial charge is 0.310 e. The monoisotopic (exact) mass is 871 g/mol. The number of nitrogens with zero attached hydrogens (tertiary/aromatic N) is 1. The Labute approximate surface area is 361 Å². The van der Waals surface area contributed by atoms with Gasteiger partial charge in [-0.05, 0) is 150 Å². The molecule has 59 heavy (non-hydrogen) atoms. The fourth-order valence-corrected chi connectivity index (χ4v) is 11.6. The lowest BCUT2D eigenvalue weighted by molar-refractivity contribution is 0.613. The first-order valence-electron chi connectivity index (χ1n) is 21.0. The number of benzene rings is 8. The third kappa shape index (κ3) is 5.48. The molecule has 286 valence electrons. The minimum absolute atomic E-state index is 0.0219. The SMILES string of the molecule is Cc1c(-c2ccccc2I)ccc2c1-c1cc(N(c3ccc(C4=CCC5C(=C4)C(C)(C)c4ccccc45)cc3)c3cc4ccccc4c4ccccc34)ccc1C2(C)C. The number of fused-ring (bicyclic) bond motifs is 9. The zero-order valence-corrected chi connectivity index (χ0v) is 36.4. The molecule has 1 atom stereocenters. The number of anilines is 3. The highest BCUT2D eigenvalue weighted by Gasteiger charge is 2.42. The van der Waals surface area contributed by atoms with Gasteiger partial charge in [-0.1, -0.05) is 167 Å². The smallest absolute Gasteiger partial charge is 0.0546 e. The molecule has 3 aliphatic carbocycles. The fraction of sp³-hybridized carbons (Fsp3) is 0.158. The maximum atomic E-state index is 2.50. The van der Waals surface area contributed by atoms with Crippen LogP contribution in [0.5, 0.6) is 0 Å². The van der Waals surface area contributed by atoms with E-state index in [1.807, 2.05) is 0 Å². The standard InChI is InChI=1S/C57H46IN/c1-35-41(46-18-11-13-21-53(46)58)29-31-51-55(35)48-34-40(27-30-50(48)56(51,2)3)59(54-33-38-14-6-7-15-42(38)43-16-8-9-19-47(43)54)39-25-22-36(23-26-39)37-24-28-45-44-17-10-12-20-49(44)57(4,5)52(45)32-37/h6-27,29-34,45H,28H2,1-5H3. The van der Waals surface area contributed by atoms with Crippen LogP contribution in [0.3, 0.4) is 0 Å². The average Bonchev–Trinajstić information content (AvgIpc) is 3.63. The first-order chi connectivity index (χ1) is 28.6. The third-order valence-electron chi connectivity index (χ3n) is 13.9. The minimum Gasteiger partial charge on any atom is -0.310 e. The van der Waals surface area contributed by atoms with E-state index in [1.54, 1.807) is 0 Å². The van der Waals surface area contributed by atoms with Crippen molar-refractivity contribution < 1.29 is 0 Å². The molecule has 0 heterocycles. The summed E-state index contributed by atoms with van der Waals surface area (Å²) in [4.78, 5) is 2.50. The van der Waals surface area contributed by atoms with Crippen LogP contribution in [0.15, 0.2) is 175 Å². The molecule has 0 saturated heterocycles. The fourth-order valence-electron chi connectivity index (χ4n) is 10.9. The summed E-state index contributed by atoms with van der Waals surface area (Å²) in [5, 5.41) is 5.02. The van der Waals surface area contributed by atoms with E-state index in [4.69, 9.17) is 0 Å². The van der Waals surface area contributed by atoms with Crippen LogP contribution in [0.2, 0.25) is 0 Å². The topological polar surface area (TPSA) is 3.24 Å². The Bertz CT molecular complexity index is 3100. The zero-order valence-electron chi connectivity index (χ0n) is 34.3. The number of rotatable bonds is 5. The van der Waals surface area contributed by atoms with Crippen molar-refractivity contribution in [1.29, 1.82) is 0 Å². The molecular weight excluding hydrogens is 826 g/mol. The van der Waals surface area contributed by atoms with Crippen LogP contribution in [0, 0.1) is 10.5 Å². The molecule has 3 aliphatic rings. The predicted molar refractivity (Wildman–Crippen MR) is 259 cm³/mol. The van der Waals surface area contributed by atoms with Crippen LogP contribution in [-0.4, -0.2) is 0 Å². The normalized spacial score (nSPS) is 16.9. The Balaban J connectivity index is 1.08. The quantitative estimate of drug-likeness (QED) is 0.123. The van der Waals surface area contributed by atoms with Gasteiger partial charge < -0.3 is 4.90 Å². The molecule has 11 rings (SSSR count). The van der Waals surface area contributed by atoms with E-state index < -0.39 is 0 Å². The van der Waals surface area contributed by atoms with Gasteiger partial charge in [-0.25, -0.2) is 0 Å². The van der Waals surface area contributed by atoms with Gasteiger partial charge >= 0.3 is 0 Å². The van der Waals surface area contributed by atoms with Gasteiger partial charge in [-0.2, -0.15) is 0 Å². The molecule has 1 unspecified atom stereocenters. The van der Waals surface area contributed by atoms with Crippen molar-refractivity contribution in [2.75, 3.05) is 4.90 Å². The van der Waals surface area contributed by atoms with Crippen LogP contribution in [0.1, 0.15) is 73.4 Å². The second kappa shape index (κ2) is 13.4. The molecule has 0 bridgehead atoms. The summed E-state index contributed by atoms with van der Waals surface area (Å²) in [5.41, 5.74) is 19.9. The van der Waals surface area contributed by atoms with Crippen molar-refractivity contribution in [3.63, 3.8) is 0 Å². The van der Waals surface area contributed by atoms with Crippen molar-refractivity contribution in [3.8, 4) is 22.3 Å². The summed E-state index contributed by atoms with van der Waals surface area (Å²) >= 11 is 2.49. The van der Waals surface area contributed by atoms with E-state index in [1.165, 1.54) is 97.6 Å². The van der Waals surface area contributed by atoms with E-state index in [9.17, 15) is 0 Å². The highest BCUT2D eigenvalue weighted by atomic mass is 127. The van der Waals surface area contributed by atoms with Gasteiger partial charge in [0.25, 0.3) is 0 Å². The maximum Gasteiger partial charge on any atom is 0.0546 e. The molecule has 8 aromatic rings. The molecule has 0 fully saturated rings. The molecule has 0 aliphatic heterocycles. The molecule has 2 heteroatoms. The third-order valence-corrected chi connectivity index (χ3v) is 14.9. The Hall–Kier alpha value is -5.71. The molecule has 8 aromatic carbocycles. The summed E-state index contributed by atoms with van der Waals surface area (Å²) < 4.78 is 1.27. The highest BCUT2D eigenvalue weighted by Crippen LogP contribution is 2.56. The molecule has 0 amide bonds. The summed E-state index contributed by atoms with van der Waals surface area (Å²) in [6.07, 6.45) is 5.99. The van der Waals surface area contributed by atoms with Gasteiger partial charge in [0.05, 0.1) is 5.69 Å². The summed E-state index contributed by atoms with van der Waals surface area (Å²) in [7, 11) is 0. The van der Waals surface area contributed by atoms with E-state index in [-0.39, 0.29) is 10.8 Å². The van der Waals surface area contributed by atoms with Crippen LogP contribution in [-0.2, 0) is 10.8 Å². The lowest BCUT2D eigenvalue weighted by atomic mass is 9.77. The maximum absolute atomic E-state index is 2.50. The number of hydrogen-bond donors (Lipinski definition) is 0. The number of hydrogen-bond acceptors (Lipinski definition) is 1. The molecule has 0 spiro atoms. The average molecular weight is 872 g/mol. The number of halogens is 1. The second-order valence-electron chi connectivity index (χ2n) is 17.8. The molecule has 0 radical (unpaired) electrons. The second-order valence-corrected chi connectivity index (χ2v) is 19.0. The Kier molecular flexibility index (Phi) is 8.27. The Morgan fingerprint density at radius 2 is 1.24 bits per heavy atom. The Morgan fingerprint density at radius 3 is 2.05 bits per heavy atom. The van der Waals surface area contributed by atoms with E-state index >= 15 is 0 Å². The van der Waals surface area contributed by atoms with E-state index in [0.29, 0.717) is 5.92 Å². The van der Waals surface area contributed by atoms with Gasteiger partial charge in [0.15, 0.2) is 0 Å². The van der Waals surface area contributed by atoms with Crippen molar-refractivity contribution in [3.05, 3.63) is 212 Å². The molecular formula is C57H46IN. The van der Waals surface area contributed by atoms with Gasteiger partial charge in [0, 0.05) is 37.1 Å². The van der Waals surface area contributed by atoms with Crippen LogP contribution in [0.4, 0.5) is 17.1 Å². The predicted octanol–water partition coefficient (Wildman–Crippen LogP) is 16.1. The van der Waals surface area contributed by atoms with Gasteiger partial charge in [0.2, 0.25) is 0 Å². The molecule has 0 aromatic heterocycles. The first-order valence-corrected chi connectivity index (χ1v) is 22.1.